The van der Waals surface area contributed by atoms with Crippen LogP contribution in [-0.4, -0.2) is 6.54 Å². The molecule has 0 saturated carbocycles. The van der Waals surface area contributed by atoms with Crippen LogP contribution in [0.25, 0.3) is 0 Å². The second-order valence-corrected chi connectivity index (χ2v) is 4.92. The fraction of sp³-hybridized carbons (Fsp3) is 0.294. The van der Waals surface area contributed by atoms with E-state index < -0.39 is 0 Å². The lowest BCUT2D eigenvalue weighted by Gasteiger charge is -2.16. The quantitative estimate of drug-likeness (QED) is 0.850. The van der Waals surface area contributed by atoms with Crippen LogP contribution in [0.2, 0.25) is 0 Å². The van der Waals surface area contributed by atoms with Gasteiger partial charge in [-0.05, 0) is 48.9 Å². The Balaban J connectivity index is 2.04. The minimum absolute atomic E-state index is 0.522. The molecule has 0 saturated heterocycles. The van der Waals surface area contributed by atoms with Gasteiger partial charge in [-0.3, -0.25) is 0 Å². The molecule has 0 heterocycles. The Labute approximate surface area is 110 Å². The Bertz CT molecular complexity index is 476. The molecule has 2 aromatic carbocycles. The van der Waals surface area contributed by atoms with Crippen LogP contribution in [0.5, 0.6) is 0 Å². The van der Waals surface area contributed by atoms with Crippen molar-refractivity contribution in [1.29, 1.82) is 0 Å². The summed E-state index contributed by atoms with van der Waals surface area (Å²) in [7, 11) is 0. The van der Waals surface area contributed by atoms with Crippen LogP contribution in [0, 0.1) is 12.8 Å². The summed E-state index contributed by atoms with van der Waals surface area (Å²) in [5.74, 6) is 0.522. The Kier molecular flexibility index (Phi) is 4.54. The van der Waals surface area contributed by atoms with E-state index in [1.54, 1.807) is 0 Å². The molecule has 1 atom stereocenters. The standard InChI is InChI=1S/C17H21N/c1-14-7-5-6-10-17(14)12-16(13-18)11-15-8-3-2-4-9-15/h2-10,16H,11-13,18H2,1H3. The summed E-state index contributed by atoms with van der Waals surface area (Å²) in [5, 5.41) is 0. The number of hydrogen-bond donors (Lipinski definition) is 1. The molecule has 0 fully saturated rings. The summed E-state index contributed by atoms with van der Waals surface area (Å²) in [6, 6.07) is 19.2. The SMILES string of the molecule is Cc1ccccc1CC(CN)Cc1ccccc1. The van der Waals surface area contributed by atoms with Gasteiger partial charge in [-0.15, -0.1) is 0 Å². The lowest BCUT2D eigenvalue weighted by atomic mass is 9.91. The molecule has 0 amide bonds. The van der Waals surface area contributed by atoms with Crippen molar-refractivity contribution in [1.82, 2.24) is 0 Å². The van der Waals surface area contributed by atoms with Crippen molar-refractivity contribution >= 4 is 0 Å². The van der Waals surface area contributed by atoms with Crippen LogP contribution in [0.1, 0.15) is 16.7 Å². The summed E-state index contributed by atoms with van der Waals surface area (Å²) in [6.45, 7) is 2.91. The van der Waals surface area contributed by atoms with Crippen LogP contribution in [-0.2, 0) is 12.8 Å². The van der Waals surface area contributed by atoms with Crippen molar-refractivity contribution in [2.24, 2.45) is 11.7 Å². The van der Waals surface area contributed by atoms with Crippen molar-refractivity contribution in [3.8, 4) is 0 Å². The summed E-state index contributed by atoms with van der Waals surface area (Å²) in [4.78, 5) is 0. The van der Waals surface area contributed by atoms with Gasteiger partial charge in [-0.1, -0.05) is 54.6 Å². The molecule has 0 spiro atoms. The number of nitrogens with two attached hydrogens (primary N) is 1. The molecular weight excluding hydrogens is 218 g/mol. The second kappa shape index (κ2) is 6.36. The molecule has 2 N–H and O–H groups in total. The molecule has 0 radical (unpaired) electrons. The summed E-state index contributed by atoms with van der Waals surface area (Å²) < 4.78 is 0. The van der Waals surface area contributed by atoms with E-state index >= 15 is 0 Å². The maximum absolute atomic E-state index is 5.92. The van der Waals surface area contributed by atoms with Crippen LogP contribution in [0.4, 0.5) is 0 Å². The Morgan fingerprint density at radius 1 is 0.889 bits per heavy atom. The van der Waals surface area contributed by atoms with Gasteiger partial charge in [0, 0.05) is 0 Å². The van der Waals surface area contributed by atoms with Crippen LogP contribution >= 0.6 is 0 Å². The average molecular weight is 239 g/mol. The number of hydrogen-bond acceptors (Lipinski definition) is 1. The second-order valence-electron chi connectivity index (χ2n) is 4.92. The van der Waals surface area contributed by atoms with E-state index in [0.717, 1.165) is 19.4 Å². The molecule has 18 heavy (non-hydrogen) atoms. The molecule has 0 aliphatic heterocycles. The highest BCUT2D eigenvalue weighted by Crippen LogP contribution is 2.16. The number of aryl methyl sites for hydroxylation is 1. The van der Waals surface area contributed by atoms with Gasteiger partial charge in [0.25, 0.3) is 0 Å². The van der Waals surface area contributed by atoms with E-state index in [1.165, 1.54) is 16.7 Å². The van der Waals surface area contributed by atoms with E-state index in [1.807, 2.05) is 0 Å². The third-order valence-corrected chi connectivity index (χ3v) is 3.47. The van der Waals surface area contributed by atoms with Crippen LogP contribution < -0.4 is 5.73 Å². The molecule has 2 aromatic rings. The van der Waals surface area contributed by atoms with Crippen LogP contribution in [0.3, 0.4) is 0 Å². The van der Waals surface area contributed by atoms with E-state index in [9.17, 15) is 0 Å². The summed E-state index contributed by atoms with van der Waals surface area (Å²) in [6.07, 6.45) is 2.13. The largest absolute Gasteiger partial charge is 0.330 e. The zero-order chi connectivity index (χ0) is 12.8. The molecule has 1 nitrogen and oxygen atoms in total. The average Bonchev–Trinajstić information content (AvgIpc) is 2.41. The topological polar surface area (TPSA) is 26.0 Å². The normalized spacial score (nSPS) is 12.3. The molecular formula is C17H21N. The van der Waals surface area contributed by atoms with Gasteiger partial charge in [0.15, 0.2) is 0 Å². The fourth-order valence-corrected chi connectivity index (χ4v) is 2.34. The van der Waals surface area contributed by atoms with Gasteiger partial charge in [0.1, 0.15) is 0 Å². The first-order valence-corrected chi connectivity index (χ1v) is 6.58. The minimum Gasteiger partial charge on any atom is -0.330 e. The predicted octanol–water partition coefficient (Wildman–Crippen LogP) is 3.36. The minimum atomic E-state index is 0.522. The third-order valence-electron chi connectivity index (χ3n) is 3.47. The van der Waals surface area contributed by atoms with E-state index in [4.69, 9.17) is 5.73 Å². The van der Waals surface area contributed by atoms with Crippen molar-refractivity contribution in [3.63, 3.8) is 0 Å². The monoisotopic (exact) mass is 239 g/mol. The molecule has 0 bridgehead atoms. The van der Waals surface area contributed by atoms with E-state index in [0.29, 0.717) is 5.92 Å². The highest BCUT2D eigenvalue weighted by Gasteiger charge is 2.10. The fourth-order valence-electron chi connectivity index (χ4n) is 2.34. The van der Waals surface area contributed by atoms with Crippen molar-refractivity contribution < 1.29 is 0 Å². The van der Waals surface area contributed by atoms with Crippen molar-refractivity contribution in [2.75, 3.05) is 6.54 Å². The molecule has 0 aliphatic carbocycles. The third kappa shape index (κ3) is 3.44. The maximum Gasteiger partial charge on any atom is -0.00425 e. The molecule has 94 valence electrons. The van der Waals surface area contributed by atoms with Gasteiger partial charge >= 0.3 is 0 Å². The Hall–Kier alpha value is -1.60. The molecule has 2 rings (SSSR count). The molecule has 1 unspecified atom stereocenters. The first-order chi connectivity index (χ1) is 8.79. The number of benzene rings is 2. The molecule has 0 aliphatic rings. The van der Waals surface area contributed by atoms with Crippen molar-refractivity contribution in [3.05, 3.63) is 71.3 Å². The first kappa shape index (κ1) is 12.8. The van der Waals surface area contributed by atoms with E-state index in [2.05, 4.69) is 61.5 Å². The highest BCUT2D eigenvalue weighted by molar-refractivity contribution is 5.26. The smallest absolute Gasteiger partial charge is 0.00425 e. The lowest BCUT2D eigenvalue weighted by Crippen LogP contribution is -2.19. The lowest BCUT2D eigenvalue weighted by molar-refractivity contribution is 0.532. The van der Waals surface area contributed by atoms with Gasteiger partial charge in [0.05, 0.1) is 0 Å². The van der Waals surface area contributed by atoms with Crippen molar-refractivity contribution in [2.45, 2.75) is 19.8 Å². The first-order valence-electron chi connectivity index (χ1n) is 6.58. The van der Waals surface area contributed by atoms with Gasteiger partial charge < -0.3 is 5.73 Å². The van der Waals surface area contributed by atoms with Crippen LogP contribution in [0.15, 0.2) is 54.6 Å². The highest BCUT2D eigenvalue weighted by atomic mass is 14.5. The predicted molar refractivity (Wildman–Crippen MR) is 77.6 cm³/mol. The number of rotatable bonds is 5. The summed E-state index contributed by atoms with van der Waals surface area (Å²) >= 11 is 0. The van der Waals surface area contributed by atoms with Gasteiger partial charge in [-0.2, -0.15) is 0 Å². The van der Waals surface area contributed by atoms with Gasteiger partial charge in [-0.25, -0.2) is 0 Å². The Morgan fingerprint density at radius 3 is 2.22 bits per heavy atom. The Morgan fingerprint density at radius 2 is 1.56 bits per heavy atom. The molecule has 1 heteroatoms. The zero-order valence-electron chi connectivity index (χ0n) is 11.0. The van der Waals surface area contributed by atoms with E-state index in [-0.39, 0.29) is 0 Å². The molecule has 0 aromatic heterocycles. The summed E-state index contributed by atoms with van der Waals surface area (Å²) in [5.41, 5.74) is 10.1. The van der Waals surface area contributed by atoms with Gasteiger partial charge in [0.2, 0.25) is 0 Å². The zero-order valence-corrected chi connectivity index (χ0v) is 11.0. The maximum atomic E-state index is 5.92.